The molecule has 0 fully saturated rings. The normalized spacial score (nSPS) is 11.4. The molecule has 1 amide bonds. The van der Waals surface area contributed by atoms with Crippen molar-refractivity contribution in [2.75, 3.05) is 6.61 Å². The molecule has 0 radical (unpaired) electrons. The predicted octanol–water partition coefficient (Wildman–Crippen LogP) is 3.94. The maximum atomic E-state index is 11.7. The first-order chi connectivity index (χ1) is 12.5. The van der Waals surface area contributed by atoms with Gasteiger partial charge < -0.3 is 4.74 Å². The molecule has 0 unspecified atom stereocenters. The van der Waals surface area contributed by atoms with Crippen LogP contribution in [-0.4, -0.2) is 23.7 Å². The van der Waals surface area contributed by atoms with E-state index < -0.39 is 10.8 Å². The SMILES string of the molecule is CC(/C=N/NC(=O)COc1ccc([N+](=O)[O-])cc1Br)=C\c1ccccc1. The van der Waals surface area contributed by atoms with E-state index in [2.05, 4.69) is 26.5 Å². The molecule has 2 aromatic carbocycles. The van der Waals surface area contributed by atoms with Crippen LogP contribution in [0.3, 0.4) is 0 Å². The van der Waals surface area contributed by atoms with E-state index in [9.17, 15) is 14.9 Å². The highest BCUT2D eigenvalue weighted by Gasteiger charge is 2.11. The zero-order valence-electron chi connectivity index (χ0n) is 13.9. The number of amides is 1. The van der Waals surface area contributed by atoms with Gasteiger partial charge in [-0.05, 0) is 40.1 Å². The van der Waals surface area contributed by atoms with Gasteiger partial charge in [0.25, 0.3) is 11.6 Å². The number of rotatable bonds is 7. The van der Waals surface area contributed by atoms with Crippen molar-refractivity contribution >= 4 is 39.8 Å². The van der Waals surface area contributed by atoms with Crippen molar-refractivity contribution in [3.63, 3.8) is 0 Å². The molecular formula is C18H16BrN3O4. The summed E-state index contributed by atoms with van der Waals surface area (Å²) in [5.41, 5.74) is 4.20. The largest absolute Gasteiger partial charge is 0.483 e. The van der Waals surface area contributed by atoms with Crippen LogP contribution in [0.15, 0.2) is 63.7 Å². The lowest BCUT2D eigenvalue weighted by Gasteiger charge is -2.06. The van der Waals surface area contributed by atoms with Gasteiger partial charge in [-0.1, -0.05) is 36.4 Å². The zero-order chi connectivity index (χ0) is 18.9. The molecule has 26 heavy (non-hydrogen) atoms. The van der Waals surface area contributed by atoms with Gasteiger partial charge in [-0.25, -0.2) is 5.43 Å². The number of hydrogen-bond acceptors (Lipinski definition) is 5. The molecular weight excluding hydrogens is 402 g/mol. The highest BCUT2D eigenvalue weighted by atomic mass is 79.9. The van der Waals surface area contributed by atoms with E-state index in [0.29, 0.717) is 10.2 Å². The number of benzene rings is 2. The molecule has 134 valence electrons. The summed E-state index contributed by atoms with van der Waals surface area (Å²) >= 11 is 3.17. The Labute approximate surface area is 158 Å². The number of nitrogens with one attached hydrogen (secondary N) is 1. The second-order valence-corrected chi connectivity index (χ2v) is 6.11. The molecule has 8 heteroatoms. The second kappa shape index (κ2) is 9.47. The monoisotopic (exact) mass is 417 g/mol. The Kier molecular flexibility index (Phi) is 7.04. The summed E-state index contributed by atoms with van der Waals surface area (Å²) < 4.78 is 5.71. The minimum Gasteiger partial charge on any atom is -0.483 e. The van der Waals surface area contributed by atoms with Crippen LogP contribution < -0.4 is 10.2 Å². The Hall–Kier alpha value is -3.00. The van der Waals surface area contributed by atoms with E-state index in [1.165, 1.54) is 24.4 Å². The zero-order valence-corrected chi connectivity index (χ0v) is 15.5. The Bertz CT molecular complexity index is 851. The number of nitro benzene ring substituents is 1. The Morgan fingerprint density at radius 3 is 2.69 bits per heavy atom. The minimum atomic E-state index is -0.513. The van der Waals surface area contributed by atoms with Crippen LogP contribution in [0.2, 0.25) is 0 Å². The van der Waals surface area contributed by atoms with E-state index in [4.69, 9.17) is 4.74 Å². The van der Waals surface area contributed by atoms with Crippen molar-refractivity contribution in [2.24, 2.45) is 5.10 Å². The molecule has 2 aromatic rings. The third kappa shape index (κ3) is 6.14. The Morgan fingerprint density at radius 2 is 2.04 bits per heavy atom. The number of halogens is 1. The fourth-order valence-electron chi connectivity index (χ4n) is 1.95. The number of nitrogens with zero attached hydrogens (tertiary/aromatic N) is 2. The lowest BCUT2D eigenvalue weighted by atomic mass is 10.1. The quantitative estimate of drug-likeness (QED) is 0.419. The molecule has 0 bridgehead atoms. The standard InChI is InChI=1S/C18H16BrN3O4/c1-13(9-14-5-3-2-4-6-14)11-20-21-18(23)12-26-17-8-7-15(22(24)25)10-16(17)19/h2-11H,12H2,1H3,(H,21,23)/b13-9+,20-11+. The summed E-state index contributed by atoms with van der Waals surface area (Å²) in [5, 5.41) is 14.5. The average Bonchev–Trinajstić information content (AvgIpc) is 2.61. The van der Waals surface area contributed by atoms with Crippen LogP contribution in [0.5, 0.6) is 5.75 Å². The van der Waals surface area contributed by atoms with E-state index in [0.717, 1.165) is 11.1 Å². The average molecular weight is 418 g/mol. The summed E-state index contributed by atoms with van der Waals surface area (Å²) in [6.45, 7) is 1.60. The van der Waals surface area contributed by atoms with Crippen molar-refractivity contribution in [1.29, 1.82) is 0 Å². The van der Waals surface area contributed by atoms with Crippen molar-refractivity contribution in [3.05, 3.63) is 74.3 Å². The van der Waals surface area contributed by atoms with Crippen molar-refractivity contribution in [3.8, 4) is 5.75 Å². The number of carbonyl (C=O) groups excluding carboxylic acids is 1. The molecule has 7 nitrogen and oxygen atoms in total. The fourth-order valence-corrected chi connectivity index (χ4v) is 2.43. The lowest BCUT2D eigenvalue weighted by molar-refractivity contribution is -0.384. The van der Waals surface area contributed by atoms with Gasteiger partial charge in [-0.15, -0.1) is 0 Å². The fraction of sp³-hybridized carbons (Fsp3) is 0.111. The van der Waals surface area contributed by atoms with Gasteiger partial charge in [0.15, 0.2) is 6.61 Å². The van der Waals surface area contributed by atoms with Gasteiger partial charge in [-0.2, -0.15) is 5.10 Å². The number of ether oxygens (including phenoxy) is 1. The topological polar surface area (TPSA) is 93.8 Å². The predicted molar refractivity (Wildman–Crippen MR) is 103 cm³/mol. The Balaban J connectivity index is 1.84. The lowest BCUT2D eigenvalue weighted by Crippen LogP contribution is -2.24. The third-order valence-corrected chi connectivity index (χ3v) is 3.76. The van der Waals surface area contributed by atoms with Crippen molar-refractivity contribution in [1.82, 2.24) is 5.43 Å². The van der Waals surface area contributed by atoms with Gasteiger partial charge >= 0.3 is 0 Å². The molecule has 0 heterocycles. The molecule has 2 rings (SSSR count). The number of allylic oxidation sites excluding steroid dienone is 1. The third-order valence-electron chi connectivity index (χ3n) is 3.14. The molecule has 0 aromatic heterocycles. The van der Waals surface area contributed by atoms with Crippen LogP contribution in [0.25, 0.3) is 6.08 Å². The number of nitro groups is 1. The maximum Gasteiger partial charge on any atom is 0.277 e. The molecule has 0 atom stereocenters. The van der Waals surface area contributed by atoms with E-state index in [1.807, 2.05) is 43.3 Å². The number of carbonyl (C=O) groups is 1. The molecule has 0 spiro atoms. The molecule has 1 N–H and O–H groups in total. The van der Waals surface area contributed by atoms with Crippen LogP contribution in [0, 0.1) is 10.1 Å². The van der Waals surface area contributed by atoms with E-state index in [1.54, 1.807) is 0 Å². The molecule has 0 aliphatic carbocycles. The van der Waals surface area contributed by atoms with Gasteiger partial charge in [-0.3, -0.25) is 14.9 Å². The van der Waals surface area contributed by atoms with Crippen LogP contribution in [0.4, 0.5) is 5.69 Å². The van der Waals surface area contributed by atoms with Crippen LogP contribution >= 0.6 is 15.9 Å². The first kappa shape index (κ1) is 19.3. The summed E-state index contributed by atoms with van der Waals surface area (Å²) in [7, 11) is 0. The van der Waals surface area contributed by atoms with Crippen LogP contribution in [0.1, 0.15) is 12.5 Å². The molecule has 0 saturated carbocycles. The van der Waals surface area contributed by atoms with Gasteiger partial charge in [0.05, 0.1) is 15.6 Å². The highest BCUT2D eigenvalue weighted by Crippen LogP contribution is 2.28. The second-order valence-electron chi connectivity index (χ2n) is 5.25. The minimum absolute atomic E-state index is 0.0704. The molecule has 0 aliphatic rings. The van der Waals surface area contributed by atoms with Crippen molar-refractivity contribution in [2.45, 2.75) is 6.92 Å². The summed E-state index contributed by atoms with van der Waals surface area (Å²) in [5.74, 6) is -0.117. The smallest absolute Gasteiger partial charge is 0.277 e. The van der Waals surface area contributed by atoms with Gasteiger partial charge in [0, 0.05) is 12.1 Å². The number of non-ortho nitro benzene ring substituents is 1. The van der Waals surface area contributed by atoms with Crippen LogP contribution in [-0.2, 0) is 4.79 Å². The van der Waals surface area contributed by atoms with Gasteiger partial charge in [0.2, 0.25) is 0 Å². The van der Waals surface area contributed by atoms with E-state index in [-0.39, 0.29) is 12.3 Å². The molecule has 0 saturated heterocycles. The molecule has 0 aliphatic heterocycles. The first-order valence-electron chi connectivity index (χ1n) is 7.57. The number of hydrogen-bond donors (Lipinski definition) is 1. The number of hydrazone groups is 1. The summed E-state index contributed by atoms with van der Waals surface area (Å²) in [6, 6.07) is 13.8. The Morgan fingerprint density at radius 1 is 1.31 bits per heavy atom. The van der Waals surface area contributed by atoms with E-state index >= 15 is 0 Å². The summed E-state index contributed by atoms with van der Waals surface area (Å²) in [6.07, 6.45) is 3.47. The van der Waals surface area contributed by atoms with Gasteiger partial charge in [0.1, 0.15) is 5.75 Å². The van der Waals surface area contributed by atoms with Crippen molar-refractivity contribution < 1.29 is 14.5 Å². The summed E-state index contributed by atoms with van der Waals surface area (Å²) in [4.78, 5) is 21.9. The first-order valence-corrected chi connectivity index (χ1v) is 8.37. The maximum absolute atomic E-state index is 11.7. The highest BCUT2D eigenvalue weighted by molar-refractivity contribution is 9.10.